The number of ether oxygens (including phenoxy) is 2. The van der Waals surface area contributed by atoms with E-state index in [-0.39, 0.29) is 24.0 Å². The first-order valence-electron chi connectivity index (χ1n) is 10.1. The standard InChI is InChI=1S/C22H33N5O2.HI/c1-4-27(20-9-6-5-7-10-20)14-8-13-24-22(23-2)26-18-19-11-12-21(25-17-19)29-16-15-28-3;/h5-7,9-12,17H,4,8,13-16,18H2,1-3H3,(H2,23,24,26);1H. The maximum Gasteiger partial charge on any atom is 0.213 e. The second-order valence-corrected chi connectivity index (χ2v) is 6.47. The van der Waals surface area contributed by atoms with Gasteiger partial charge in [0.2, 0.25) is 5.88 Å². The van der Waals surface area contributed by atoms with Crippen LogP contribution in [-0.4, -0.2) is 57.9 Å². The van der Waals surface area contributed by atoms with Crippen molar-refractivity contribution >= 4 is 35.6 Å². The Kier molecular flexibility index (Phi) is 13.6. The molecular formula is C22H34IN5O2. The number of guanidine groups is 1. The van der Waals surface area contributed by atoms with Gasteiger partial charge in [-0.05, 0) is 31.0 Å². The summed E-state index contributed by atoms with van der Waals surface area (Å²) in [5.41, 5.74) is 2.33. The number of aromatic nitrogens is 1. The number of anilines is 1. The second-order valence-electron chi connectivity index (χ2n) is 6.47. The zero-order chi connectivity index (χ0) is 20.7. The number of nitrogens with one attached hydrogen (secondary N) is 2. The molecule has 2 aromatic rings. The number of hydrogen-bond donors (Lipinski definition) is 2. The molecular weight excluding hydrogens is 493 g/mol. The lowest BCUT2D eigenvalue weighted by Crippen LogP contribution is -2.38. The number of nitrogens with zero attached hydrogens (tertiary/aromatic N) is 3. The van der Waals surface area contributed by atoms with Crippen LogP contribution in [0.2, 0.25) is 0 Å². The number of para-hydroxylation sites is 1. The van der Waals surface area contributed by atoms with Gasteiger partial charge in [0.1, 0.15) is 6.61 Å². The van der Waals surface area contributed by atoms with E-state index in [0.717, 1.165) is 37.6 Å². The molecule has 0 radical (unpaired) electrons. The summed E-state index contributed by atoms with van der Waals surface area (Å²) >= 11 is 0. The van der Waals surface area contributed by atoms with E-state index in [2.05, 4.69) is 56.7 Å². The van der Waals surface area contributed by atoms with Crippen LogP contribution in [-0.2, 0) is 11.3 Å². The molecule has 0 unspecified atom stereocenters. The summed E-state index contributed by atoms with van der Waals surface area (Å²) in [4.78, 5) is 11.0. The molecule has 0 saturated carbocycles. The molecule has 0 aliphatic carbocycles. The molecule has 166 valence electrons. The number of pyridine rings is 1. The third kappa shape index (κ3) is 9.62. The van der Waals surface area contributed by atoms with Gasteiger partial charge in [-0.3, -0.25) is 4.99 Å². The van der Waals surface area contributed by atoms with E-state index in [9.17, 15) is 0 Å². The Bertz CT molecular complexity index is 713. The fraction of sp³-hybridized carbons (Fsp3) is 0.455. The lowest BCUT2D eigenvalue weighted by molar-refractivity contribution is 0.143. The second kappa shape index (κ2) is 15.7. The van der Waals surface area contributed by atoms with E-state index in [1.54, 1.807) is 20.4 Å². The maximum atomic E-state index is 5.48. The minimum absolute atomic E-state index is 0. The molecule has 2 N–H and O–H groups in total. The highest BCUT2D eigenvalue weighted by Gasteiger charge is 2.04. The van der Waals surface area contributed by atoms with Gasteiger partial charge in [-0.2, -0.15) is 0 Å². The number of methoxy groups -OCH3 is 1. The van der Waals surface area contributed by atoms with Gasteiger partial charge >= 0.3 is 0 Å². The van der Waals surface area contributed by atoms with Crippen molar-refractivity contribution in [1.29, 1.82) is 0 Å². The molecule has 1 heterocycles. The molecule has 0 spiro atoms. The van der Waals surface area contributed by atoms with E-state index in [1.807, 2.05) is 18.2 Å². The molecule has 1 aromatic carbocycles. The highest BCUT2D eigenvalue weighted by Crippen LogP contribution is 2.12. The van der Waals surface area contributed by atoms with Crippen LogP contribution in [0, 0.1) is 0 Å². The minimum Gasteiger partial charge on any atom is -0.475 e. The highest BCUT2D eigenvalue weighted by molar-refractivity contribution is 14.0. The lowest BCUT2D eigenvalue weighted by Gasteiger charge is -2.23. The first-order chi connectivity index (χ1) is 14.3. The average Bonchev–Trinajstić information content (AvgIpc) is 2.77. The van der Waals surface area contributed by atoms with Crippen LogP contribution in [0.1, 0.15) is 18.9 Å². The first-order valence-corrected chi connectivity index (χ1v) is 10.1. The van der Waals surface area contributed by atoms with Crippen molar-refractivity contribution in [3.05, 3.63) is 54.2 Å². The number of hydrogen-bond acceptors (Lipinski definition) is 5. The Morgan fingerprint density at radius 1 is 1.10 bits per heavy atom. The molecule has 2 rings (SSSR count). The van der Waals surface area contributed by atoms with Crippen LogP contribution in [0.5, 0.6) is 5.88 Å². The number of benzene rings is 1. The molecule has 7 nitrogen and oxygen atoms in total. The summed E-state index contributed by atoms with van der Waals surface area (Å²) in [5, 5.41) is 6.69. The van der Waals surface area contributed by atoms with Gasteiger partial charge in [-0.15, -0.1) is 24.0 Å². The van der Waals surface area contributed by atoms with Crippen LogP contribution >= 0.6 is 24.0 Å². The topological polar surface area (TPSA) is 71.0 Å². The van der Waals surface area contributed by atoms with Crippen molar-refractivity contribution in [2.75, 3.05) is 51.9 Å². The first kappa shape index (κ1) is 26.0. The Hall–Kier alpha value is -2.07. The molecule has 0 aliphatic rings. The van der Waals surface area contributed by atoms with Gasteiger partial charge in [0.25, 0.3) is 0 Å². The van der Waals surface area contributed by atoms with Crippen LogP contribution in [0.4, 0.5) is 5.69 Å². The minimum atomic E-state index is 0. The average molecular weight is 527 g/mol. The van der Waals surface area contributed by atoms with Crippen molar-refractivity contribution < 1.29 is 9.47 Å². The maximum absolute atomic E-state index is 5.48. The predicted octanol–water partition coefficient (Wildman–Crippen LogP) is 3.31. The zero-order valence-electron chi connectivity index (χ0n) is 18.1. The summed E-state index contributed by atoms with van der Waals surface area (Å²) in [6.07, 6.45) is 2.83. The van der Waals surface area contributed by atoms with Gasteiger partial charge in [0.15, 0.2) is 5.96 Å². The Morgan fingerprint density at radius 2 is 1.90 bits per heavy atom. The smallest absolute Gasteiger partial charge is 0.213 e. The lowest BCUT2D eigenvalue weighted by atomic mass is 10.2. The van der Waals surface area contributed by atoms with Crippen molar-refractivity contribution in [1.82, 2.24) is 15.6 Å². The van der Waals surface area contributed by atoms with Gasteiger partial charge in [-0.25, -0.2) is 4.98 Å². The third-order valence-corrected chi connectivity index (χ3v) is 4.42. The van der Waals surface area contributed by atoms with Crippen molar-refractivity contribution in [3.63, 3.8) is 0 Å². The van der Waals surface area contributed by atoms with E-state index in [1.165, 1.54) is 5.69 Å². The van der Waals surface area contributed by atoms with E-state index in [4.69, 9.17) is 9.47 Å². The van der Waals surface area contributed by atoms with Crippen molar-refractivity contribution in [2.45, 2.75) is 19.9 Å². The molecule has 8 heteroatoms. The van der Waals surface area contributed by atoms with Crippen LogP contribution in [0.25, 0.3) is 0 Å². The fourth-order valence-electron chi connectivity index (χ4n) is 2.82. The number of rotatable bonds is 12. The SMILES string of the molecule is CCN(CCCNC(=NC)NCc1ccc(OCCOC)nc1)c1ccccc1.I. The normalized spacial score (nSPS) is 10.8. The predicted molar refractivity (Wildman–Crippen MR) is 134 cm³/mol. The molecule has 30 heavy (non-hydrogen) atoms. The van der Waals surface area contributed by atoms with Gasteiger partial charge in [0.05, 0.1) is 6.61 Å². The zero-order valence-corrected chi connectivity index (χ0v) is 20.5. The van der Waals surface area contributed by atoms with Crippen LogP contribution in [0.15, 0.2) is 53.7 Å². The fourth-order valence-corrected chi connectivity index (χ4v) is 2.82. The van der Waals surface area contributed by atoms with Crippen molar-refractivity contribution in [2.24, 2.45) is 4.99 Å². The van der Waals surface area contributed by atoms with Crippen LogP contribution in [0.3, 0.4) is 0 Å². The largest absolute Gasteiger partial charge is 0.475 e. The molecule has 0 bridgehead atoms. The third-order valence-electron chi connectivity index (χ3n) is 4.42. The van der Waals surface area contributed by atoms with E-state index < -0.39 is 0 Å². The summed E-state index contributed by atoms with van der Waals surface area (Å²) in [7, 11) is 3.43. The monoisotopic (exact) mass is 527 g/mol. The Morgan fingerprint density at radius 3 is 2.53 bits per heavy atom. The molecule has 0 saturated heterocycles. The molecule has 0 fully saturated rings. The van der Waals surface area contributed by atoms with Crippen LogP contribution < -0.4 is 20.3 Å². The van der Waals surface area contributed by atoms with Gasteiger partial charge in [0, 0.05) is 58.3 Å². The Labute approximate surface area is 197 Å². The molecule has 0 atom stereocenters. The van der Waals surface area contributed by atoms with Crippen molar-refractivity contribution in [3.8, 4) is 5.88 Å². The van der Waals surface area contributed by atoms with Gasteiger partial charge in [-0.1, -0.05) is 24.3 Å². The van der Waals surface area contributed by atoms with Gasteiger partial charge < -0.3 is 25.0 Å². The molecule has 1 aromatic heterocycles. The van der Waals surface area contributed by atoms with E-state index in [0.29, 0.717) is 25.6 Å². The summed E-state index contributed by atoms with van der Waals surface area (Å²) in [6.45, 7) is 6.73. The Balaban J connectivity index is 0.00000450. The summed E-state index contributed by atoms with van der Waals surface area (Å²) in [5.74, 6) is 1.39. The number of aliphatic imine (C=N–C) groups is 1. The molecule has 0 aliphatic heterocycles. The quantitative estimate of drug-likeness (QED) is 0.191. The summed E-state index contributed by atoms with van der Waals surface area (Å²) < 4.78 is 10.4. The molecule has 0 amide bonds. The highest BCUT2D eigenvalue weighted by atomic mass is 127. The summed E-state index contributed by atoms with van der Waals surface area (Å²) in [6, 6.07) is 14.4. The number of halogens is 1. The van der Waals surface area contributed by atoms with E-state index >= 15 is 0 Å².